The normalized spacial score (nSPS) is 29.7. The van der Waals surface area contributed by atoms with Gasteiger partial charge in [-0.25, -0.2) is 0 Å². The second-order valence-electron chi connectivity index (χ2n) is 10.6. The molecule has 1 aliphatic carbocycles. The summed E-state index contributed by atoms with van der Waals surface area (Å²) in [5, 5.41) is 2.97. The van der Waals surface area contributed by atoms with Crippen molar-refractivity contribution in [1.29, 1.82) is 0 Å². The summed E-state index contributed by atoms with van der Waals surface area (Å²) in [7, 11) is 0. The predicted octanol–water partition coefficient (Wildman–Crippen LogP) is 7.87. The molecule has 0 radical (unpaired) electrons. The van der Waals surface area contributed by atoms with Crippen LogP contribution >= 0.6 is 34.6 Å². The molecule has 2 saturated heterocycles. The van der Waals surface area contributed by atoms with Gasteiger partial charge in [-0.05, 0) is 80.4 Å². The van der Waals surface area contributed by atoms with Crippen LogP contribution in [0, 0.1) is 11.8 Å². The Morgan fingerprint density at radius 2 is 1.76 bits per heavy atom. The summed E-state index contributed by atoms with van der Waals surface area (Å²) in [6, 6.07) is 11.7. The van der Waals surface area contributed by atoms with Crippen molar-refractivity contribution < 1.29 is 12.6 Å². The molecular formula is C28H35ClINO3. The Kier molecular flexibility index (Phi) is 7.91. The van der Waals surface area contributed by atoms with Crippen LogP contribution in [-0.2, 0) is 14.4 Å². The highest BCUT2D eigenvalue weighted by molar-refractivity contribution is 14.1. The third-order valence-electron chi connectivity index (χ3n) is 8.55. The number of hydrogen-bond acceptors (Lipinski definition) is 4. The summed E-state index contributed by atoms with van der Waals surface area (Å²) in [5.41, 5.74) is 1.28. The van der Waals surface area contributed by atoms with Crippen molar-refractivity contribution in [1.82, 2.24) is 4.90 Å². The Hall–Kier alpha value is -1.05. The van der Waals surface area contributed by atoms with Gasteiger partial charge in [0, 0.05) is 24.0 Å². The van der Waals surface area contributed by atoms with Crippen molar-refractivity contribution in [3.8, 4) is 5.75 Å². The molecule has 0 spiro atoms. The molecule has 2 atom stereocenters. The molecule has 2 bridgehead atoms. The number of hydrogen-bond donors (Lipinski definition) is 0. The monoisotopic (exact) mass is 595 g/mol. The molecule has 5 rings (SSSR count). The van der Waals surface area contributed by atoms with Gasteiger partial charge in [0.1, 0.15) is 5.75 Å². The van der Waals surface area contributed by atoms with Gasteiger partial charge in [0.25, 0.3) is 0 Å². The Morgan fingerprint density at radius 1 is 1.06 bits per heavy atom. The van der Waals surface area contributed by atoms with Gasteiger partial charge in [0.05, 0.1) is 17.0 Å². The van der Waals surface area contributed by atoms with Crippen LogP contribution in [0.15, 0.2) is 30.3 Å². The number of ether oxygens (including phenoxy) is 1. The predicted molar refractivity (Wildman–Crippen MR) is 145 cm³/mol. The van der Waals surface area contributed by atoms with Crippen molar-refractivity contribution >= 4 is 51.3 Å². The Balaban J connectivity index is 1.32. The van der Waals surface area contributed by atoms with Gasteiger partial charge in [-0.3, -0.25) is 9.69 Å². The highest BCUT2D eigenvalue weighted by Gasteiger charge is 2.41. The van der Waals surface area contributed by atoms with E-state index in [2.05, 4.69) is 36.1 Å². The zero-order chi connectivity index (χ0) is 23.7. The molecule has 2 unspecified atom stereocenters. The summed E-state index contributed by atoms with van der Waals surface area (Å²) >= 11 is 8.64. The molecule has 2 aliphatic heterocycles. The van der Waals surface area contributed by atoms with Gasteiger partial charge in [0.15, 0.2) is 23.0 Å². The summed E-state index contributed by atoms with van der Waals surface area (Å²) in [4.78, 5) is 14.8. The minimum Gasteiger partial charge on any atom is -0.489 e. The van der Waals surface area contributed by atoms with Crippen molar-refractivity contribution in [2.45, 2.75) is 95.9 Å². The lowest BCUT2D eigenvalue weighted by atomic mass is 9.78. The minimum absolute atomic E-state index is 0.0431. The van der Waals surface area contributed by atoms with Crippen LogP contribution in [0.5, 0.6) is 5.75 Å². The minimum atomic E-state index is -0.0506. The van der Waals surface area contributed by atoms with Crippen LogP contribution in [0.4, 0.5) is 0 Å². The van der Waals surface area contributed by atoms with Gasteiger partial charge in [-0.2, -0.15) is 0 Å². The first-order valence-corrected chi connectivity index (χ1v) is 14.3. The van der Waals surface area contributed by atoms with E-state index >= 15 is 0 Å². The lowest BCUT2D eigenvalue weighted by Crippen LogP contribution is -2.52. The molecule has 0 aromatic heterocycles. The number of halogens is 2. The summed E-state index contributed by atoms with van der Waals surface area (Å²) in [6.07, 6.45) is 11.7. The molecule has 4 nitrogen and oxygen atoms in total. The molecular weight excluding hydrogens is 561 g/mol. The van der Waals surface area contributed by atoms with E-state index in [0.717, 1.165) is 72.5 Å². The standard InChI is InChI=1S/C28H35ClINO3/c1-2-18-7-11-24(12-8-18)33-26-13-10-20-9-6-19(14-25(20)27(26)29)17-31-22-4-3-5-23(31)16-21(15-22)28(32)34-30/h6,9-10,13-14,18,21-24H,2-5,7-8,11-12,15-17H2,1H3. The second-order valence-corrected chi connectivity index (χ2v) is 11.4. The van der Waals surface area contributed by atoms with Crippen LogP contribution in [-0.4, -0.2) is 29.1 Å². The first-order valence-electron chi connectivity index (χ1n) is 13.0. The van der Waals surface area contributed by atoms with Gasteiger partial charge in [-0.1, -0.05) is 49.6 Å². The van der Waals surface area contributed by atoms with E-state index in [4.69, 9.17) is 19.4 Å². The van der Waals surface area contributed by atoms with Gasteiger partial charge in [-0.15, -0.1) is 0 Å². The molecule has 184 valence electrons. The number of fused-ring (bicyclic) bond motifs is 3. The van der Waals surface area contributed by atoms with Crippen LogP contribution in [0.1, 0.15) is 76.7 Å². The van der Waals surface area contributed by atoms with Gasteiger partial charge in [0.2, 0.25) is 0 Å². The maximum atomic E-state index is 12.2. The second kappa shape index (κ2) is 10.9. The fourth-order valence-electron chi connectivity index (χ4n) is 6.54. The summed E-state index contributed by atoms with van der Waals surface area (Å²) in [5.74, 6) is 1.67. The maximum absolute atomic E-state index is 12.2. The average Bonchev–Trinajstić information content (AvgIpc) is 2.86. The topological polar surface area (TPSA) is 38.8 Å². The molecule has 6 heteroatoms. The molecule has 0 N–H and O–H groups in total. The van der Waals surface area contributed by atoms with E-state index in [1.54, 1.807) is 23.0 Å². The average molecular weight is 596 g/mol. The first kappa shape index (κ1) is 24.6. The van der Waals surface area contributed by atoms with Crippen LogP contribution < -0.4 is 4.74 Å². The highest BCUT2D eigenvalue weighted by Crippen LogP contribution is 2.40. The SMILES string of the molecule is CCC1CCC(Oc2ccc3ccc(CN4C5CCCC4CC(C(=O)OI)C5)cc3c2Cl)CC1. The van der Waals surface area contributed by atoms with Crippen LogP contribution in [0.25, 0.3) is 10.8 Å². The third-order valence-corrected chi connectivity index (χ3v) is 9.37. The van der Waals surface area contributed by atoms with Crippen molar-refractivity contribution in [3.63, 3.8) is 0 Å². The quantitative estimate of drug-likeness (QED) is 0.319. The van der Waals surface area contributed by atoms with Crippen molar-refractivity contribution in [2.75, 3.05) is 0 Å². The summed E-state index contributed by atoms with van der Waals surface area (Å²) < 4.78 is 11.4. The van der Waals surface area contributed by atoms with E-state index in [9.17, 15) is 4.79 Å². The lowest BCUT2D eigenvalue weighted by Gasteiger charge is -2.48. The third kappa shape index (κ3) is 5.22. The molecule has 3 fully saturated rings. The number of piperidine rings is 2. The molecule has 0 amide bonds. The summed E-state index contributed by atoms with van der Waals surface area (Å²) in [6.45, 7) is 3.19. The lowest BCUT2D eigenvalue weighted by molar-refractivity contribution is -0.140. The van der Waals surface area contributed by atoms with Gasteiger partial charge >= 0.3 is 5.97 Å². The number of carbonyl (C=O) groups is 1. The fourth-order valence-corrected chi connectivity index (χ4v) is 7.17. The number of rotatable bonds is 6. The molecule has 2 heterocycles. The number of nitrogens with zero attached hydrogens (tertiary/aromatic N) is 1. The largest absolute Gasteiger partial charge is 0.489 e. The zero-order valence-corrected chi connectivity index (χ0v) is 22.9. The molecule has 2 aromatic carbocycles. The molecule has 3 aliphatic rings. The smallest absolute Gasteiger partial charge is 0.318 e. The number of carbonyl (C=O) groups excluding carboxylic acids is 1. The number of benzene rings is 2. The Bertz CT molecular complexity index is 1010. The molecule has 2 aromatic rings. The highest BCUT2D eigenvalue weighted by atomic mass is 127. The zero-order valence-electron chi connectivity index (χ0n) is 20.0. The first-order chi connectivity index (χ1) is 16.6. The molecule has 1 saturated carbocycles. The van der Waals surface area contributed by atoms with E-state index < -0.39 is 0 Å². The van der Waals surface area contributed by atoms with E-state index in [1.807, 2.05) is 6.07 Å². The van der Waals surface area contributed by atoms with Crippen molar-refractivity contribution in [2.24, 2.45) is 11.8 Å². The van der Waals surface area contributed by atoms with Crippen LogP contribution in [0.3, 0.4) is 0 Å². The molecule has 34 heavy (non-hydrogen) atoms. The Labute approximate surface area is 222 Å². The van der Waals surface area contributed by atoms with E-state index in [0.29, 0.717) is 12.1 Å². The van der Waals surface area contributed by atoms with Crippen molar-refractivity contribution in [3.05, 3.63) is 40.9 Å². The van der Waals surface area contributed by atoms with Gasteiger partial charge < -0.3 is 7.80 Å². The maximum Gasteiger partial charge on any atom is 0.318 e. The fraction of sp³-hybridized carbons (Fsp3) is 0.607. The van der Waals surface area contributed by atoms with E-state index in [1.165, 1.54) is 31.2 Å². The Morgan fingerprint density at radius 3 is 2.44 bits per heavy atom. The van der Waals surface area contributed by atoms with Crippen LogP contribution in [0.2, 0.25) is 5.02 Å². The van der Waals surface area contributed by atoms with E-state index in [-0.39, 0.29) is 18.0 Å².